The van der Waals surface area contributed by atoms with E-state index in [9.17, 15) is 18.0 Å². The first-order valence-electron chi connectivity index (χ1n) is 7.09. The van der Waals surface area contributed by atoms with Crippen molar-refractivity contribution in [2.24, 2.45) is 0 Å². The molecular formula is C15H21NO6S. The Morgan fingerprint density at radius 3 is 2.43 bits per heavy atom. The highest BCUT2D eigenvalue weighted by Gasteiger charge is 2.14. The normalized spacial score (nSPS) is 11.5. The smallest absolute Gasteiger partial charge is 0.335 e. The minimum absolute atomic E-state index is 0.0858. The van der Waals surface area contributed by atoms with Crippen LogP contribution in [0.2, 0.25) is 0 Å². The molecule has 0 atom stereocenters. The van der Waals surface area contributed by atoms with E-state index in [0.29, 0.717) is 13.0 Å². The van der Waals surface area contributed by atoms with Crippen molar-refractivity contribution in [2.75, 3.05) is 18.2 Å². The van der Waals surface area contributed by atoms with Gasteiger partial charge in [0.2, 0.25) is 5.91 Å². The van der Waals surface area contributed by atoms with Gasteiger partial charge in [-0.1, -0.05) is 0 Å². The van der Waals surface area contributed by atoms with Gasteiger partial charge < -0.3 is 15.2 Å². The van der Waals surface area contributed by atoms with Crippen LogP contribution in [0.4, 0.5) is 5.69 Å². The molecule has 0 unspecified atom stereocenters. The SMILES string of the molecule is CC(C)OCCCC(=O)Nc1cc(C(=O)O)cc(S(C)(=O)=O)c1. The highest BCUT2D eigenvalue weighted by atomic mass is 32.2. The van der Waals surface area contributed by atoms with Crippen molar-refractivity contribution in [3.63, 3.8) is 0 Å². The van der Waals surface area contributed by atoms with Crippen molar-refractivity contribution in [1.82, 2.24) is 0 Å². The molecule has 0 fully saturated rings. The number of carboxylic acids is 1. The fraction of sp³-hybridized carbons (Fsp3) is 0.467. The lowest BCUT2D eigenvalue weighted by atomic mass is 10.2. The van der Waals surface area contributed by atoms with Gasteiger partial charge >= 0.3 is 5.97 Å². The predicted molar refractivity (Wildman–Crippen MR) is 85.5 cm³/mol. The Morgan fingerprint density at radius 2 is 1.91 bits per heavy atom. The van der Waals surface area contributed by atoms with Crippen LogP contribution in [0.5, 0.6) is 0 Å². The Bertz CT molecular complexity index is 681. The van der Waals surface area contributed by atoms with Crippen molar-refractivity contribution >= 4 is 27.4 Å². The molecule has 1 aromatic rings. The highest BCUT2D eigenvalue weighted by molar-refractivity contribution is 7.90. The Kier molecular flexibility index (Phi) is 6.71. The summed E-state index contributed by atoms with van der Waals surface area (Å²) in [7, 11) is -3.58. The van der Waals surface area contributed by atoms with Gasteiger partial charge in [0.25, 0.3) is 0 Å². The molecule has 128 valence electrons. The first kappa shape index (κ1) is 19.1. The molecule has 0 bridgehead atoms. The van der Waals surface area contributed by atoms with Crippen LogP contribution >= 0.6 is 0 Å². The zero-order valence-corrected chi connectivity index (χ0v) is 14.1. The third-order valence-corrected chi connectivity index (χ3v) is 3.96. The maximum atomic E-state index is 11.8. The van der Waals surface area contributed by atoms with Gasteiger partial charge in [0.1, 0.15) is 0 Å². The molecule has 8 heteroatoms. The van der Waals surface area contributed by atoms with E-state index < -0.39 is 15.8 Å². The summed E-state index contributed by atoms with van der Waals surface area (Å²) in [6.45, 7) is 4.23. The fourth-order valence-electron chi connectivity index (χ4n) is 1.78. The molecule has 1 aromatic carbocycles. The highest BCUT2D eigenvalue weighted by Crippen LogP contribution is 2.19. The second-order valence-electron chi connectivity index (χ2n) is 5.39. The predicted octanol–water partition coefficient (Wildman–Crippen LogP) is 1.93. The van der Waals surface area contributed by atoms with Crippen LogP contribution in [0.15, 0.2) is 23.1 Å². The molecule has 0 spiro atoms. The molecule has 0 aliphatic heterocycles. The molecule has 0 saturated carbocycles. The number of sulfone groups is 1. The Balaban J connectivity index is 2.81. The zero-order valence-electron chi connectivity index (χ0n) is 13.3. The first-order chi connectivity index (χ1) is 10.6. The van der Waals surface area contributed by atoms with Crippen LogP contribution in [0.3, 0.4) is 0 Å². The summed E-state index contributed by atoms with van der Waals surface area (Å²) in [5.41, 5.74) is -0.0635. The topological polar surface area (TPSA) is 110 Å². The maximum absolute atomic E-state index is 11.8. The summed E-state index contributed by atoms with van der Waals surface area (Å²) >= 11 is 0. The van der Waals surface area contributed by atoms with Crippen LogP contribution in [-0.4, -0.2) is 44.4 Å². The van der Waals surface area contributed by atoms with Crippen LogP contribution < -0.4 is 5.32 Å². The summed E-state index contributed by atoms with van der Waals surface area (Å²) < 4.78 is 28.5. The van der Waals surface area contributed by atoms with E-state index in [2.05, 4.69) is 5.32 Å². The van der Waals surface area contributed by atoms with Gasteiger partial charge in [-0.25, -0.2) is 13.2 Å². The number of carboxylic acid groups (broad SMARTS) is 1. The minimum Gasteiger partial charge on any atom is -0.478 e. The number of benzene rings is 1. The molecule has 23 heavy (non-hydrogen) atoms. The second-order valence-corrected chi connectivity index (χ2v) is 7.41. The summed E-state index contributed by atoms with van der Waals surface area (Å²) in [6, 6.07) is 3.52. The number of rotatable bonds is 8. The number of ether oxygens (including phenoxy) is 1. The van der Waals surface area contributed by atoms with E-state index in [1.165, 1.54) is 12.1 Å². The van der Waals surface area contributed by atoms with E-state index >= 15 is 0 Å². The first-order valence-corrected chi connectivity index (χ1v) is 8.98. The van der Waals surface area contributed by atoms with Crippen LogP contribution in [-0.2, 0) is 19.4 Å². The molecule has 1 rings (SSSR count). The summed E-state index contributed by atoms with van der Waals surface area (Å²) in [5, 5.41) is 11.6. The quantitative estimate of drug-likeness (QED) is 0.698. The van der Waals surface area contributed by atoms with Gasteiger partial charge in [-0.2, -0.15) is 0 Å². The van der Waals surface area contributed by atoms with Crippen LogP contribution in [0.1, 0.15) is 37.0 Å². The van der Waals surface area contributed by atoms with Gasteiger partial charge in [-0.05, 0) is 38.5 Å². The monoisotopic (exact) mass is 343 g/mol. The van der Waals surface area contributed by atoms with Gasteiger partial charge in [0, 0.05) is 25.0 Å². The lowest BCUT2D eigenvalue weighted by Gasteiger charge is -2.10. The van der Waals surface area contributed by atoms with Crippen molar-refractivity contribution in [3.05, 3.63) is 23.8 Å². The molecule has 0 aliphatic rings. The van der Waals surface area contributed by atoms with Gasteiger partial charge in [0.15, 0.2) is 9.84 Å². The number of nitrogens with one attached hydrogen (secondary N) is 1. The molecule has 1 amide bonds. The van der Waals surface area contributed by atoms with E-state index in [1.54, 1.807) is 0 Å². The number of carbonyl (C=O) groups is 2. The molecule has 0 heterocycles. The third kappa shape index (κ3) is 6.79. The van der Waals surface area contributed by atoms with E-state index in [-0.39, 0.29) is 34.6 Å². The van der Waals surface area contributed by atoms with E-state index in [0.717, 1.165) is 12.3 Å². The fourth-order valence-corrected chi connectivity index (χ4v) is 2.47. The minimum atomic E-state index is -3.58. The molecule has 0 aromatic heterocycles. The van der Waals surface area contributed by atoms with Crippen LogP contribution in [0.25, 0.3) is 0 Å². The maximum Gasteiger partial charge on any atom is 0.335 e. The van der Waals surface area contributed by atoms with Crippen molar-refractivity contribution in [2.45, 2.75) is 37.7 Å². The van der Waals surface area contributed by atoms with E-state index in [4.69, 9.17) is 9.84 Å². The molecule has 0 radical (unpaired) electrons. The third-order valence-electron chi connectivity index (χ3n) is 2.86. The largest absolute Gasteiger partial charge is 0.478 e. The average Bonchev–Trinajstić information content (AvgIpc) is 2.42. The van der Waals surface area contributed by atoms with Gasteiger partial charge in [-0.3, -0.25) is 4.79 Å². The summed E-state index contributed by atoms with van der Waals surface area (Å²) in [4.78, 5) is 22.7. The Labute approximate surface area is 135 Å². The lowest BCUT2D eigenvalue weighted by molar-refractivity contribution is -0.116. The van der Waals surface area contributed by atoms with Crippen molar-refractivity contribution in [1.29, 1.82) is 0 Å². The number of aromatic carboxylic acids is 1. The Hall–Kier alpha value is -1.93. The van der Waals surface area contributed by atoms with Crippen molar-refractivity contribution in [3.8, 4) is 0 Å². The number of hydrogen-bond acceptors (Lipinski definition) is 5. The van der Waals surface area contributed by atoms with Gasteiger partial charge in [-0.15, -0.1) is 0 Å². The number of amides is 1. The number of anilines is 1. The molecule has 2 N–H and O–H groups in total. The van der Waals surface area contributed by atoms with Crippen LogP contribution in [0, 0.1) is 0 Å². The summed E-state index contributed by atoms with van der Waals surface area (Å²) in [6.07, 6.45) is 1.77. The molecule has 0 saturated heterocycles. The number of carbonyl (C=O) groups excluding carboxylic acids is 1. The standard InChI is InChI=1S/C15H21NO6S/c1-10(2)22-6-4-5-14(17)16-12-7-11(15(18)19)8-13(9-12)23(3,20)21/h7-10H,4-6H2,1-3H3,(H,16,17)(H,18,19). The molecule has 7 nitrogen and oxygen atoms in total. The van der Waals surface area contributed by atoms with Crippen molar-refractivity contribution < 1.29 is 27.9 Å². The average molecular weight is 343 g/mol. The molecule has 0 aliphatic carbocycles. The number of hydrogen-bond donors (Lipinski definition) is 2. The second kappa shape index (κ2) is 8.07. The zero-order chi connectivity index (χ0) is 17.6. The Morgan fingerprint density at radius 1 is 1.26 bits per heavy atom. The summed E-state index contributed by atoms with van der Waals surface area (Å²) in [5.74, 6) is -1.60. The van der Waals surface area contributed by atoms with E-state index in [1.807, 2.05) is 13.8 Å². The lowest BCUT2D eigenvalue weighted by Crippen LogP contribution is -2.14. The van der Waals surface area contributed by atoms with Gasteiger partial charge in [0.05, 0.1) is 16.6 Å². The molecular weight excluding hydrogens is 322 g/mol.